The largest absolute Gasteiger partial charge is 0.438 e. The van der Waals surface area contributed by atoms with Crippen LogP contribution in [-0.4, -0.2) is 12.2 Å². The zero-order chi connectivity index (χ0) is 7.28. The summed E-state index contributed by atoms with van der Waals surface area (Å²) in [4.78, 5) is 10.0. The van der Waals surface area contributed by atoms with Crippen molar-refractivity contribution < 1.29 is 9.53 Å². The van der Waals surface area contributed by atoms with Crippen molar-refractivity contribution in [3.8, 4) is 0 Å². The molecule has 0 aliphatic carbocycles. The van der Waals surface area contributed by atoms with E-state index in [2.05, 4.69) is 23.6 Å². The van der Waals surface area contributed by atoms with Crippen LogP contribution in [0.1, 0.15) is 0 Å². The van der Waals surface area contributed by atoms with Crippen LogP contribution in [0, 0.1) is 0 Å². The fraction of sp³-hybridized carbons (Fsp3) is 0.167. The summed E-state index contributed by atoms with van der Waals surface area (Å²) < 4.78 is 4.45. The molecule has 0 saturated heterocycles. The molecule has 0 bridgehead atoms. The van der Waals surface area contributed by atoms with Crippen LogP contribution in [0.3, 0.4) is 0 Å². The first-order valence-electron chi connectivity index (χ1n) is 2.42. The molecular weight excluding hydrogens is 118 g/mol. The van der Waals surface area contributed by atoms with E-state index >= 15 is 0 Å². The van der Waals surface area contributed by atoms with Crippen LogP contribution in [-0.2, 0) is 4.74 Å². The second-order valence-electron chi connectivity index (χ2n) is 1.37. The molecule has 0 radical (unpaired) electrons. The van der Waals surface area contributed by atoms with E-state index < -0.39 is 12.2 Å². The van der Waals surface area contributed by atoms with E-state index in [4.69, 9.17) is 0 Å². The van der Waals surface area contributed by atoms with E-state index in [0.717, 1.165) is 0 Å². The van der Waals surface area contributed by atoms with Gasteiger partial charge in [0.05, 0.1) is 0 Å². The highest BCUT2D eigenvalue weighted by Crippen LogP contribution is 1.92. The smallest absolute Gasteiger partial charge is 0.405 e. The molecule has 0 aromatic carbocycles. The highest BCUT2D eigenvalue weighted by Gasteiger charge is 1.99. The fourth-order valence-corrected chi connectivity index (χ4v) is 0.327. The highest BCUT2D eigenvalue weighted by atomic mass is 16.6. The average Bonchev–Trinajstić information content (AvgIpc) is 1.82. The number of carbonyl (C=O) groups excluding carboxylic acids is 1. The minimum absolute atomic E-state index is 0.470. The van der Waals surface area contributed by atoms with Crippen molar-refractivity contribution in [3.05, 3.63) is 25.3 Å². The molecule has 0 atom stereocenters. The Labute approximate surface area is 53.8 Å². The number of rotatable bonds is 3. The maximum Gasteiger partial charge on any atom is 0.405 e. The van der Waals surface area contributed by atoms with Gasteiger partial charge < -0.3 is 10.5 Å². The third kappa shape index (κ3) is 3.34. The minimum atomic E-state index is -0.820. The van der Waals surface area contributed by atoms with Gasteiger partial charge in [-0.15, -0.1) is 0 Å². The molecule has 0 aromatic heterocycles. The second kappa shape index (κ2) is 3.72. The van der Waals surface area contributed by atoms with Gasteiger partial charge in [-0.25, -0.2) is 4.79 Å². The molecule has 0 saturated carbocycles. The van der Waals surface area contributed by atoms with Crippen LogP contribution < -0.4 is 5.73 Å². The average molecular weight is 127 g/mol. The summed E-state index contributed by atoms with van der Waals surface area (Å²) in [7, 11) is 0. The zero-order valence-electron chi connectivity index (χ0n) is 5.04. The highest BCUT2D eigenvalue weighted by molar-refractivity contribution is 5.65. The Bertz CT molecular complexity index is 123. The first-order chi connectivity index (χ1) is 4.20. The molecule has 0 aromatic rings. The number of hydrogen-bond donors (Lipinski definition) is 1. The van der Waals surface area contributed by atoms with Crippen molar-refractivity contribution in [2.24, 2.45) is 5.73 Å². The first kappa shape index (κ1) is 7.75. The molecule has 9 heavy (non-hydrogen) atoms. The Balaban J connectivity index is 3.68. The summed E-state index contributed by atoms with van der Waals surface area (Å²) >= 11 is 0. The second-order valence-corrected chi connectivity index (χ2v) is 1.37. The summed E-state index contributed by atoms with van der Waals surface area (Å²) in [6.45, 7) is 6.76. The molecule has 50 valence electrons. The van der Waals surface area contributed by atoms with Gasteiger partial charge in [0.15, 0.2) is 0 Å². The predicted molar refractivity (Wildman–Crippen MR) is 34.9 cm³/mol. The van der Waals surface area contributed by atoms with Crippen molar-refractivity contribution in [1.82, 2.24) is 0 Å². The van der Waals surface area contributed by atoms with Gasteiger partial charge in [0.25, 0.3) is 0 Å². The molecule has 2 N–H and O–H groups in total. The van der Waals surface area contributed by atoms with Gasteiger partial charge in [-0.3, -0.25) is 0 Å². The third-order valence-electron chi connectivity index (χ3n) is 0.717. The lowest BCUT2D eigenvalue weighted by molar-refractivity contribution is 0.147. The molecule has 0 heterocycles. The van der Waals surface area contributed by atoms with Crippen molar-refractivity contribution >= 4 is 6.09 Å². The summed E-state index contributed by atoms with van der Waals surface area (Å²) in [5, 5.41) is 0. The van der Waals surface area contributed by atoms with Gasteiger partial charge in [-0.2, -0.15) is 0 Å². The topological polar surface area (TPSA) is 52.3 Å². The molecule has 0 fully saturated rings. The molecule has 0 aliphatic heterocycles. The Morgan fingerprint density at radius 3 is 2.11 bits per heavy atom. The van der Waals surface area contributed by atoms with Gasteiger partial charge in [0.1, 0.15) is 6.10 Å². The van der Waals surface area contributed by atoms with E-state index in [-0.39, 0.29) is 0 Å². The first-order valence-corrected chi connectivity index (χ1v) is 2.42. The lowest BCUT2D eigenvalue weighted by Gasteiger charge is -2.04. The minimum Gasteiger partial charge on any atom is -0.438 e. The SMILES string of the molecule is C=CC(C=C)OC(N)=O. The van der Waals surface area contributed by atoms with E-state index in [1.54, 1.807) is 0 Å². The Hall–Kier alpha value is -1.25. The number of hydrogen-bond acceptors (Lipinski definition) is 2. The number of ether oxygens (including phenoxy) is 1. The van der Waals surface area contributed by atoms with Crippen LogP contribution in [0.15, 0.2) is 25.3 Å². The summed E-state index contributed by atoms with van der Waals surface area (Å²) in [5.41, 5.74) is 4.69. The van der Waals surface area contributed by atoms with E-state index in [9.17, 15) is 4.79 Å². The van der Waals surface area contributed by atoms with Crippen LogP contribution in [0.25, 0.3) is 0 Å². The van der Waals surface area contributed by atoms with E-state index in [1.165, 1.54) is 12.2 Å². The fourth-order valence-electron chi connectivity index (χ4n) is 0.327. The number of carbonyl (C=O) groups is 1. The van der Waals surface area contributed by atoms with Crippen LogP contribution >= 0.6 is 0 Å². The molecule has 0 spiro atoms. The van der Waals surface area contributed by atoms with Crippen LogP contribution in [0.5, 0.6) is 0 Å². The molecule has 0 unspecified atom stereocenters. The standard InChI is InChI=1S/C6H9NO2/c1-3-5(4-2)9-6(7)8/h3-5H,1-2H2,(H2,7,8). The molecule has 0 rings (SSSR count). The van der Waals surface area contributed by atoms with Crippen LogP contribution in [0.4, 0.5) is 4.79 Å². The van der Waals surface area contributed by atoms with Crippen molar-refractivity contribution in [1.29, 1.82) is 0 Å². The quantitative estimate of drug-likeness (QED) is 0.570. The normalized spacial score (nSPS) is 8.56. The predicted octanol–water partition coefficient (Wildman–Crippen LogP) is 0.822. The number of nitrogens with two attached hydrogens (primary N) is 1. The van der Waals surface area contributed by atoms with Crippen molar-refractivity contribution in [3.63, 3.8) is 0 Å². The van der Waals surface area contributed by atoms with Gasteiger partial charge in [0, 0.05) is 0 Å². The van der Waals surface area contributed by atoms with E-state index in [1.807, 2.05) is 0 Å². The lowest BCUT2D eigenvalue weighted by atomic mass is 10.3. The van der Waals surface area contributed by atoms with Gasteiger partial charge in [0.2, 0.25) is 0 Å². The maximum absolute atomic E-state index is 10.0. The molecule has 1 amide bonds. The van der Waals surface area contributed by atoms with Crippen molar-refractivity contribution in [2.45, 2.75) is 6.10 Å². The van der Waals surface area contributed by atoms with Gasteiger partial charge in [-0.05, 0) is 12.2 Å². The summed E-state index contributed by atoms with van der Waals surface area (Å²) in [6.07, 6.45) is 1.57. The van der Waals surface area contributed by atoms with Gasteiger partial charge >= 0.3 is 6.09 Å². The van der Waals surface area contributed by atoms with Gasteiger partial charge in [-0.1, -0.05) is 13.2 Å². The molecule has 0 aliphatic rings. The number of amides is 1. The summed E-state index contributed by atoms with van der Waals surface area (Å²) in [6, 6.07) is 0. The Morgan fingerprint density at radius 2 is 2.00 bits per heavy atom. The molecular formula is C6H9NO2. The third-order valence-corrected chi connectivity index (χ3v) is 0.717. The van der Waals surface area contributed by atoms with Crippen molar-refractivity contribution in [2.75, 3.05) is 0 Å². The maximum atomic E-state index is 10.0. The zero-order valence-corrected chi connectivity index (χ0v) is 5.04. The van der Waals surface area contributed by atoms with Crippen LogP contribution in [0.2, 0.25) is 0 Å². The summed E-state index contributed by atoms with van der Waals surface area (Å²) in [5.74, 6) is 0. The molecule has 3 heteroatoms. The Kier molecular flexibility index (Phi) is 3.20. The van der Waals surface area contributed by atoms with E-state index in [0.29, 0.717) is 0 Å². The number of primary amides is 1. The lowest BCUT2D eigenvalue weighted by Crippen LogP contribution is -2.19. The molecule has 3 nitrogen and oxygen atoms in total. The monoisotopic (exact) mass is 127 g/mol. The Morgan fingerprint density at radius 1 is 1.56 bits per heavy atom.